The van der Waals surface area contributed by atoms with Gasteiger partial charge in [0.05, 0.1) is 0 Å². The summed E-state index contributed by atoms with van der Waals surface area (Å²) in [4.78, 5) is 0. The quantitative estimate of drug-likeness (QED) is 0.742. The molecule has 2 aromatic rings. The molecular weight excluding hydrogens is 254 g/mol. The number of hydrogen-bond acceptors (Lipinski definition) is 1. The number of alkyl halides is 1. The molecule has 0 aliphatic rings. The minimum absolute atomic E-state index is 0.566. The van der Waals surface area contributed by atoms with Crippen molar-refractivity contribution in [1.82, 2.24) is 0 Å². The summed E-state index contributed by atoms with van der Waals surface area (Å²) in [5.74, 6) is 1.15. The second kappa shape index (κ2) is 6.63. The Balaban J connectivity index is 1.94. The van der Waals surface area contributed by atoms with Gasteiger partial charge in [-0.25, -0.2) is 0 Å². The standard InChI is InChI=1S/C17H20ClN/c1-13(2)16-7-3-15(4-8-16)12-19-17-9-5-14(11-18)6-10-17/h3-10,13,19H,11-12H2,1-2H3. The fraction of sp³-hybridized carbons (Fsp3) is 0.294. The first-order chi connectivity index (χ1) is 9.19. The Morgan fingerprint density at radius 1 is 0.895 bits per heavy atom. The van der Waals surface area contributed by atoms with Crippen LogP contribution in [0.5, 0.6) is 0 Å². The molecule has 0 amide bonds. The smallest absolute Gasteiger partial charge is 0.0474 e. The molecule has 19 heavy (non-hydrogen) atoms. The lowest BCUT2D eigenvalue weighted by Crippen LogP contribution is -1.99. The summed E-state index contributed by atoms with van der Waals surface area (Å²) in [6, 6.07) is 17.0. The number of rotatable bonds is 5. The number of nitrogens with one attached hydrogen (secondary N) is 1. The number of hydrogen-bond donors (Lipinski definition) is 1. The summed E-state index contributed by atoms with van der Waals surface area (Å²) in [5, 5.41) is 3.42. The summed E-state index contributed by atoms with van der Waals surface area (Å²) in [6.45, 7) is 5.27. The zero-order chi connectivity index (χ0) is 13.7. The van der Waals surface area contributed by atoms with Gasteiger partial charge >= 0.3 is 0 Å². The van der Waals surface area contributed by atoms with Crippen LogP contribution in [0.25, 0.3) is 0 Å². The van der Waals surface area contributed by atoms with E-state index < -0.39 is 0 Å². The predicted molar refractivity (Wildman–Crippen MR) is 83.9 cm³/mol. The first-order valence-electron chi connectivity index (χ1n) is 6.66. The Hall–Kier alpha value is -1.47. The van der Waals surface area contributed by atoms with Crippen molar-refractivity contribution >= 4 is 17.3 Å². The van der Waals surface area contributed by atoms with Crippen LogP contribution in [0, 0.1) is 0 Å². The number of benzene rings is 2. The Labute approximate surface area is 120 Å². The molecule has 0 aliphatic carbocycles. The Bertz CT molecular complexity index is 500. The van der Waals surface area contributed by atoms with E-state index in [1.807, 2.05) is 0 Å². The minimum atomic E-state index is 0.566. The van der Waals surface area contributed by atoms with Crippen LogP contribution in [0.2, 0.25) is 0 Å². The lowest BCUT2D eigenvalue weighted by Gasteiger charge is -2.09. The van der Waals surface area contributed by atoms with Crippen LogP contribution in [-0.4, -0.2) is 0 Å². The highest BCUT2D eigenvalue weighted by Crippen LogP contribution is 2.16. The van der Waals surface area contributed by atoms with Gasteiger partial charge in [-0.2, -0.15) is 0 Å². The summed E-state index contributed by atoms with van der Waals surface area (Å²) < 4.78 is 0. The molecule has 0 radical (unpaired) electrons. The Morgan fingerprint density at radius 3 is 2.00 bits per heavy atom. The van der Waals surface area contributed by atoms with E-state index in [9.17, 15) is 0 Å². The lowest BCUT2D eigenvalue weighted by atomic mass is 10.0. The molecule has 0 bridgehead atoms. The van der Waals surface area contributed by atoms with E-state index >= 15 is 0 Å². The molecule has 100 valence electrons. The summed E-state index contributed by atoms with van der Waals surface area (Å²) in [7, 11) is 0. The van der Waals surface area contributed by atoms with E-state index in [1.165, 1.54) is 11.1 Å². The van der Waals surface area contributed by atoms with Crippen LogP contribution in [0.1, 0.15) is 36.5 Å². The molecule has 0 spiro atoms. The Kier molecular flexibility index (Phi) is 4.86. The maximum atomic E-state index is 5.77. The van der Waals surface area contributed by atoms with Gasteiger partial charge in [-0.3, -0.25) is 0 Å². The van der Waals surface area contributed by atoms with E-state index in [4.69, 9.17) is 11.6 Å². The largest absolute Gasteiger partial charge is 0.381 e. The van der Waals surface area contributed by atoms with Crippen LogP contribution in [0.4, 0.5) is 5.69 Å². The van der Waals surface area contributed by atoms with E-state index in [-0.39, 0.29) is 0 Å². The van der Waals surface area contributed by atoms with Crippen LogP contribution < -0.4 is 5.32 Å². The highest BCUT2D eigenvalue weighted by Gasteiger charge is 1.99. The molecule has 2 rings (SSSR count). The zero-order valence-electron chi connectivity index (χ0n) is 11.5. The molecule has 2 aromatic carbocycles. The first kappa shape index (κ1) is 14.0. The van der Waals surface area contributed by atoms with E-state index in [0.29, 0.717) is 11.8 Å². The van der Waals surface area contributed by atoms with Gasteiger partial charge in [0.2, 0.25) is 0 Å². The molecule has 0 atom stereocenters. The lowest BCUT2D eigenvalue weighted by molar-refractivity contribution is 0.865. The molecule has 0 aliphatic heterocycles. The van der Waals surface area contributed by atoms with Gasteiger partial charge in [0.1, 0.15) is 0 Å². The fourth-order valence-corrected chi connectivity index (χ4v) is 2.11. The highest BCUT2D eigenvalue weighted by molar-refractivity contribution is 6.17. The average Bonchev–Trinajstić information content (AvgIpc) is 2.46. The van der Waals surface area contributed by atoms with Crippen molar-refractivity contribution in [1.29, 1.82) is 0 Å². The van der Waals surface area contributed by atoms with Crippen molar-refractivity contribution in [3.63, 3.8) is 0 Å². The average molecular weight is 274 g/mol. The van der Waals surface area contributed by atoms with E-state index in [1.54, 1.807) is 0 Å². The summed E-state index contributed by atoms with van der Waals surface area (Å²) in [5.41, 5.74) is 4.95. The summed E-state index contributed by atoms with van der Waals surface area (Å²) in [6.07, 6.45) is 0. The van der Waals surface area contributed by atoms with Crippen molar-refractivity contribution in [2.75, 3.05) is 5.32 Å². The fourth-order valence-electron chi connectivity index (χ4n) is 1.94. The molecule has 0 unspecified atom stereocenters. The van der Waals surface area contributed by atoms with Gasteiger partial charge in [0.25, 0.3) is 0 Å². The van der Waals surface area contributed by atoms with Gasteiger partial charge < -0.3 is 5.32 Å². The molecule has 2 heteroatoms. The second-order valence-corrected chi connectivity index (χ2v) is 5.35. The molecule has 0 heterocycles. The van der Waals surface area contributed by atoms with Crippen LogP contribution in [-0.2, 0) is 12.4 Å². The van der Waals surface area contributed by atoms with Crippen LogP contribution in [0.15, 0.2) is 48.5 Å². The van der Waals surface area contributed by atoms with Gasteiger partial charge in [-0.05, 0) is 34.7 Å². The summed E-state index contributed by atoms with van der Waals surface area (Å²) >= 11 is 5.77. The van der Waals surface area contributed by atoms with Crippen molar-refractivity contribution in [3.05, 3.63) is 65.2 Å². The molecule has 0 aromatic heterocycles. The SMILES string of the molecule is CC(C)c1ccc(CNc2ccc(CCl)cc2)cc1. The van der Waals surface area contributed by atoms with Gasteiger partial charge in [0.15, 0.2) is 0 Å². The maximum absolute atomic E-state index is 5.77. The van der Waals surface area contributed by atoms with Gasteiger partial charge in [-0.1, -0.05) is 50.2 Å². The molecule has 0 saturated heterocycles. The molecule has 0 saturated carbocycles. The van der Waals surface area contributed by atoms with Gasteiger partial charge in [-0.15, -0.1) is 11.6 Å². The van der Waals surface area contributed by atoms with E-state index in [2.05, 4.69) is 67.7 Å². The van der Waals surface area contributed by atoms with Crippen molar-refractivity contribution < 1.29 is 0 Å². The number of anilines is 1. The maximum Gasteiger partial charge on any atom is 0.0474 e. The zero-order valence-corrected chi connectivity index (χ0v) is 12.2. The van der Waals surface area contributed by atoms with Crippen LogP contribution >= 0.6 is 11.6 Å². The normalized spacial score (nSPS) is 10.7. The Morgan fingerprint density at radius 2 is 1.47 bits per heavy atom. The molecule has 1 nitrogen and oxygen atoms in total. The third-order valence-corrected chi connectivity index (χ3v) is 3.56. The number of halogens is 1. The molecule has 1 N–H and O–H groups in total. The van der Waals surface area contributed by atoms with Gasteiger partial charge in [0, 0.05) is 18.1 Å². The van der Waals surface area contributed by atoms with Crippen molar-refractivity contribution in [3.8, 4) is 0 Å². The third kappa shape index (κ3) is 4.00. The molecular formula is C17H20ClN. The van der Waals surface area contributed by atoms with Crippen molar-refractivity contribution in [2.45, 2.75) is 32.2 Å². The monoisotopic (exact) mass is 273 g/mol. The topological polar surface area (TPSA) is 12.0 Å². The second-order valence-electron chi connectivity index (χ2n) is 5.08. The first-order valence-corrected chi connectivity index (χ1v) is 7.20. The van der Waals surface area contributed by atoms with Crippen LogP contribution in [0.3, 0.4) is 0 Å². The molecule has 0 fully saturated rings. The highest BCUT2D eigenvalue weighted by atomic mass is 35.5. The van der Waals surface area contributed by atoms with E-state index in [0.717, 1.165) is 17.8 Å². The minimum Gasteiger partial charge on any atom is -0.381 e. The van der Waals surface area contributed by atoms with Crippen molar-refractivity contribution in [2.24, 2.45) is 0 Å². The predicted octanol–water partition coefficient (Wildman–Crippen LogP) is 5.16. The third-order valence-electron chi connectivity index (χ3n) is 3.25.